The SMILES string of the molecule is Cn1c(C(=O)Cc2cccc(-c3cccc(NC(=O)c4nc5c(n4C)CCN(CCC4CCC(C(=O)O)CC4)C5)c3Cl)c2Cl)nc2c1CCN(C1CCC1)C2. The molecule has 0 unspecified atom stereocenters. The Kier molecular flexibility index (Phi) is 10.9. The first-order valence-corrected chi connectivity index (χ1v) is 20.5. The highest BCUT2D eigenvalue weighted by Gasteiger charge is 2.32. The van der Waals surface area contributed by atoms with Crippen molar-refractivity contribution in [1.29, 1.82) is 0 Å². The number of carboxylic acids is 1. The van der Waals surface area contributed by atoms with Crippen LogP contribution in [-0.2, 0) is 51.2 Å². The van der Waals surface area contributed by atoms with Crippen molar-refractivity contribution in [3.63, 3.8) is 0 Å². The average Bonchev–Trinajstić information content (AvgIpc) is 3.67. The van der Waals surface area contributed by atoms with Crippen LogP contribution >= 0.6 is 23.2 Å². The number of hydrogen-bond donors (Lipinski definition) is 2. The van der Waals surface area contributed by atoms with Crippen LogP contribution in [0.2, 0.25) is 10.0 Å². The molecule has 2 aliphatic heterocycles. The molecule has 0 atom stereocenters. The van der Waals surface area contributed by atoms with E-state index in [0.717, 1.165) is 93.9 Å². The van der Waals surface area contributed by atoms with Gasteiger partial charge in [-0.15, -0.1) is 0 Å². The molecule has 0 radical (unpaired) electrons. The number of nitrogens with zero attached hydrogens (tertiary/aromatic N) is 6. The van der Waals surface area contributed by atoms with Gasteiger partial charge in [0.05, 0.1) is 33.0 Å². The van der Waals surface area contributed by atoms with Gasteiger partial charge in [0.1, 0.15) is 0 Å². The van der Waals surface area contributed by atoms with E-state index >= 15 is 0 Å². The molecule has 4 aromatic rings. The minimum absolute atomic E-state index is 0.0842. The van der Waals surface area contributed by atoms with E-state index < -0.39 is 5.97 Å². The number of hydrogen-bond acceptors (Lipinski definition) is 7. The number of aromatic nitrogens is 4. The second-order valence-corrected chi connectivity index (χ2v) is 16.7. The quantitative estimate of drug-likeness (QED) is 0.151. The van der Waals surface area contributed by atoms with E-state index in [9.17, 15) is 19.5 Å². The van der Waals surface area contributed by atoms with Crippen LogP contribution in [-0.4, -0.2) is 77.3 Å². The molecular formula is C42H49Cl2N7O4. The monoisotopic (exact) mass is 785 g/mol. The molecule has 0 spiro atoms. The average molecular weight is 787 g/mol. The van der Waals surface area contributed by atoms with Crippen molar-refractivity contribution >= 4 is 46.5 Å². The lowest BCUT2D eigenvalue weighted by molar-refractivity contribution is -0.143. The summed E-state index contributed by atoms with van der Waals surface area (Å²) < 4.78 is 3.84. The van der Waals surface area contributed by atoms with E-state index in [0.29, 0.717) is 62.6 Å². The molecule has 2 saturated carbocycles. The molecule has 2 aromatic heterocycles. The molecule has 2 fully saturated rings. The first kappa shape index (κ1) is 37.9. The molecule has 4 aliphatic rings. The maximum atomic E-state index is 13.7. The van der Waals surface area contributed by atoms with Crippen LogP contribution in [0.1, 0.15) is 101 Å². The number of nitrogens with one attached hydrogen (secondary N) is 1. The molecule has 55 heavy (non-hydrogen) atoms. The van der Waals surface area contributed by atoms with Crippen LogP contribution in [0.25, 0.3) is 11.1 Å². The maximum absolute atomic E-state index is 13.7. The Morgan fingerprint density at radius 1 is 0.818 bits per heavy atom. The van der Waals surface area contributed by atoms with Crippen molar-refractivity contribution in [3.8, 4) is 11.1 Å². The Morgan fingerprint density at radius 2 is 1.47 bits per heavy atom. The van der Waals surface area contributed by atoms with E-state index in [1.807, 2.05) is 53.6 Å². The molecule has 0 saturated heterocycles. The fourth-order valence-corrected chi connectivity index (χ4v) is 9.66. The first-order valence-electron chi connectivity index (χ1n) is 19.7. The number of carbonyl (C=O) groups is 3. The number of carbonyl (C=O) groups excluding carboxylic acids is 2. The summed E-state index contributed by atoms with van der Waals surface area (Å²) in [5.41, 5.74) is 6.56. The number of Topliss-reactive ketones (excluding diaryl/α,β-unsaturated/α-hetero) is 1. The Morgan fingerprint density at radius 3 is 2.18 bits per heavy atom. The summed E-state index contributed by atoms with van der Waals surface area (Å²) in [6.07, 6.45) is 10.1. The fourth-order valence-electron chi connectivity index (χ4n) is 9.09. The van der Waals surface area contributed by atoms with Gasteiger partial charge >= 0.3 is 5.97 Å². The Balaban J connectivity index is 0.926. The molecule has 2 N–H and O–H groups in total. The van der Waals surface area contributed by atoms with E-state index in [4.69, 9.17) is 33.2 Å². The Bertz CT molecular complexity index is 2130. The van der Waals surface area contributed by atoms with Gasteiger partial charge in [-0.1, -0.05) is 60.0 Å². The van der Waals surface area contributed by atoms with Gasteiger partial charge in [0, 0.05) is 88.1 Å². The number of ketones is 1. The third-order valence-electron chi connectivity index (χ3n) is 12.7. The van der Waals surface area contributed by atoms with Gasteiger partial charge in [-0.05, 0) is 69.0 Å². The van der Waals surface area contributed by atoms with Gasteiger partial charge < -0.3 is 19.6 Å². The lowest BCUT2D eigenvalue weighted by atomic mass is 9.80. The van der Waals surface area contributed by atoms with Crippen molar-refractivity contribution in [3.05, 3.63) is 86.4 Å². The molecule has 4 heterocycles. The van der Waals surface area contributed by atoms with Gasteiger partial charge in [-0.3, -0.25) is 24.2 Å². The molecule has 8 rings (SSSR count). The minimum Gasteiger partial charge on any atom is -0.481 e. The Hall–Kier alpha value is -4.03. The zero-order valence-corrected chi connectivity index (χ0v) is 33.1. The highest BCUT2D eigenvalue weighted by atomic mass is 35.5. The summed E-state index contributed by atoms with van der Waals surface area (Å²) in [6.45, 7) is 4.30. The molecule has 2 aromatic carbocycles. The summed E-state index contributed by atoms with van der Waals surface area (Å²) >= 11 is 14.0. The zero-order chi connectivity index (χ0) is 38.4. The number of carboxylic acid groups (broad SMARTS) is 1. The van der Waals surface area contributed by atoms with Gasteiger partial charge in [0.2, 0.25) is 5.78 Å². The summed E-state index contributed by atoms with van der Waals surface area (Å²) in [5.74, 6) is 0.0519. The van der Waals surface area contributed by atoms with Crippen LogP contribution in [0.15, 0.2) is 36.4 Å². The predicted octanol–water partition coefficient (Wildman–Crippen LogP) is 7.35. The summed E-state index contributed by atoms with van der Waals surface area (Å²) in [5, 5.41) is 13.1. The first-order chi connectivity index (χ1) is 26.5. The van der Waals surface area contributed by atoms with Gasteiger partial charge in [-0.25, -0.2) is 9.97 Å². The molecule has 0 bridgehead atoms. The standard InChI is InChI=1S/C42H49Cl2N7O4/c1-48-35-18-21-51(28-7-4-8-28)24-33(35)45-39(48)36(52)22-27-6-3-9-29(37(27)43)30-10-5-11-31(38(30)44)47-41(53)40-46-32-23-50(20-17-34(32)49(40)2)19-16-25-12-14-26(15-13-25)42(54)55/h3,5-6,9-11,25-26,28H,4,7-8,12-24H2,1-2H3,(H,47,53)(H,54,55). The molecule has 290 valence electrons. The number of imidazole rings is 2. The molecule has 11 nitrogen and oxygen atoms in total. The largest absolute Gasteiger partial charge is 0.481 e. The van der Waals surface area contributed by atoms with E-state index in [-0.39, 0.29) is 24.0 Å². The minimum atomic E-state index is -0.666. The van der Waals surface area contributed by atoms with E-state index in [1.165, 1.54) is 19.3 Å². The van der Waals surface area contributed by atoms with E-state index in [2.05, 4.69) is 15.1 Å². The van der Waals surface area contributed by atoms with E-state index in [1.54, 1.807) is 6.07 Å². The third kappa shape index (κ3) is 7.60. The van der Waals surface area contributed by atoms with Crippen molar-refractivity contribution in [1.82, 2.24) is 28.9 Å². The lowest BCUT2D eigenvalue weighted by Crippen LogP contribution is -2.43. The van der Waals surface area contributed by atoms with Gasteiger partial charge in [0.25, 0.3) is 5.91 Å². The summed E-state index contributed by atoms with van der Waals surface area (Å²) in [7, 11) is 3.82. The third-order valence-corrected chi connectivity index (χ3v) is 13.5. The van der Waals surface area contributed by atoms with Crippen LogP contribution in [0.3, 0.4) is 0 Å². The number of rotatable bonds is 11. The molecular weight excluding hydrogens is 737 g/mol. The van der Waals surface area contributed by atoms with Crippen LogP contribution < -0.4 is 5.32 Å². The van der Waals surface area contributed by atoms with Crippen LogP contribution in [0.4, 0.5) is 5.69 Å². The predicted molar refractivity (Wildman–Crippen MR) is 213 cm³/mol. The van der Waals surface area contributed by atoms with Crippen molar-refractivity contribution < 1.29 is 19.5 Å². The maximum Gasteiger partial charge on any atom is 0.306 e. The highest BCUT2D eigenvalue weighted by molar-refractivity contribution is 6.39. The number of benzene rings is 2. The number of aliphatic carboxylic acids is 1. The number of halogens is 2. The van der Waals surface area contributed by atoms with Gasteiger partial charge in [-0.2, -0.15) is 0 Å². The summed E-state index contributed by atoms with van der Waals surface area (Å²) in [4.78, 5) is 53.3. The lowest BCUT2D eigenvalue weighted by Gasteiger charge is -2.39. The Labute approximate surface area is 332 Å². The fraction of sp³-hybridized carbons (Fsp3) is 0.500. The second-order valence-electron chi connectivity index (χ2n) is 16.0. The van der Waals surface area contributed by atoms with Crippen LogP contribution in [0, 0.1) is 11.8 Å². The van der Waals surface area contributed by atoms with Gasteiger partial charge in [0.15, 0.2) is 11.6 Å². The molecule has 1 amide bonds. The molecule has 13 heteroatoms. The number of fused-ring (bicyclic) bond motifs is 2. The second kappa shape index (κ2) is 15.8. The smallest absolute Gasteiger partial charge is 0.306 e. The van der Waals surface area contributed by atoms with Crippen molar-refractivity contribution in [2.24, 2.45) is 25.9 Å². The molecule has 2 aliphatic carbocycles. The van der Waals surface area contributed by atoms with Crippen molar-refractivity contribution in [2.45, 2.75) is 89.8 Å². The summed E-state index contributed by atoms with van der Waals surface area (Å²) in [6, 6.07) is 11.7. The number of amides is 1. The highest BCUT2D eigenvalue weighted by Crippen LogP contribution is 2.39. The van der Waals surface area contributed by atoms with Crippen molar-refractivity contribution in [2.75, 3.05) is 25.0 Å². The zero-order valence-electron chi connectivity index (χ0n) is 31.6. The normalized spacial score (nSPS) is 20.4. The number of anilines is 1. The van der Waals surface area contributed by atoms with Crippen LogP contribution in [0.5, 0.6) is 0 Å². The topological polar surface area (TPSA) is 126 Å².